The van der Waals surface area contributed by atoms with Gasteiger partial charge in [0.1, 0.15) is 0 Å². The van der Waals surface area contributed by atoms with Crippen LogP contribution in [-0.4, -0.2) is 37.4 Å². The van der Waals surface area contributed by atoms with E-state index < -0.39 is 0 Å². The van der Waals surface area contributed by atoms with Gasteiger partial charge in [0.2, 0.25) is 5.82 Å². The van der Waals surface area contributed by atoms with Gasteiger partial charge in [-0.25, -0.2) is 9.50 Å². The first-order chi connectivity index (χ1) is 11.0. The van der Waals surface area contributed by atoms with E-state index >= 15 is 0 Å². The van der Waals surface area contributed by atoms with Crippen molar-refractivity contribution in [3.05, 3.63) is 59.2 Å². The van der Waals surface area contributed by atoms with Gasteiger partial charge in [-0.3, -0.25) is 4.79 Å². The molecule has 0 saturated carbocycles. The number of hydrogen-bond acceptors (Lipinski definition) is 4. The minimum absolute atomic E-state index is 0.0660. The van der Waals surface area contributed by atoms with Crippen molar-refractivity contribution in [1.82, 2.24) is 24.5 Å². The van der Waals surface area contributed by atoms with Gasteiger partial charge in [-0.2, -0.15) is 4.98 Å². The molecule has 1 unspecified atom stereocenters. The number of carbonyl (C=O) groups excluding carboxylic acids is 1. The highest BCUT2D eigenvalue weighted by atomic mass is 16.2. The summed E-state index contributed by atoms with van der Waals surface area (Å²) in [5.41, 5.74) is 3.15. The fraction of sp³-hybridized carbons (Fsp3) is 0.294. The molecule has 0 spiro atoms. The molecule has 0 N–H and O–H groups in total. The Balaban J connectivity index is 1.88. The van der Waals surface area contributed by atoms with Crippen molar-refractivity contribution >= 4 is 11.7 Å². The molecule has 0 saturated heterocycles. The molecule has 0 radical (unpaired) electrons. The first kappa shape index (κ1) is 15.1. The molecule has 23 heavy (non-hydrogen) atoms. The average Bonchev–Trinajstić information content (AvgIpc) is 2.99. The van der Waals surface area contributed by atoms with E-state index in [-0.39, 0.29) is 17.8 Å². The van der Waals surface area contributed by atoms with Gasteiger partial charge in [-0.1, -0.05) is 29.8 Å². The molecule has 1 atom stereocenters. The second kappa shape index (κ2) is 5.79. The molecule has 0 aliphatic rings. The number of rotatable bonds is 3. The standard InChI is InChI=1S/C17H19N5O/c1-11-5-7-14(8-6-11)13(3)21(4)16(23)15-19-17-18-10-9-12(2)22(17)20-15/h5-10,13H,1-4H3. The van der Waals surface area contributed by atoms with Crippen molar-refractivity contribution in [2.24, 2.45) is 0 Å². The van der Waals surface area contributed by atoms with Crippen molar-refractivity contribution in [1.29, 1.82) is 0 Å². The molecule has 0 fully saturated rings. The summed E-state index contributed by atoms with van der Waals surface area (Å²) in [5, 5.41) is 4.28. The zero-order chi connectivity index (χ0) is 16.6. The van der Waals surface area contributed by atoms with Gasteiger partial charge in [0.25, 0.3) is 11.7 Å². The third-order valence-corrected chi connectivity index (χ3v) is 4.08. The second-order valence-corrected chi connectivity index (χ2v) is 5.74. The lowest BCUT2D eigenvalue weighted by molar-refractivity contribution is 0.0730. The Morgan fingerprint density at radius 2 is 1.87 bits per heavy atom. The van der Waals surface area contributed by atoms with Crippen molar-refractivity contribution in [2.75, 3.05) is 7.05 Å². The van der Waals surface area contributed by atoms with Crippen LogP contribution in [0.15, 0.2) is 36.5 Å². The highest BCUT2D eigenvalue weighted by Crippen LogP contribution is 2.20. The third kappa shape index (κ3) is 2.79. The minimum atomic E-state index is -0.219. The van der Waals surface area contributed by atoms with Crippen LogP contribution >= 0.6 is 0 Å². The summed E-state index contributed by atoms with van der Waals surface area (Å²) in [6.45, 7) is 5.93. The van der Waals surface area contributed by atoms with E-state index in [1.807, 2.05) is 51.1 Å². The predicted octanol–water partition coefficient (Wildman–Crippen LogP) is 2.57. The van der Waals surface area contributed by atoms with Crippen molar-refractivity contribution in [3.63, 3.8) is 0 Å². The molecular weight excluding hydrogens is 290 g/mol. The molecule has 1 aromatic carbocycles. The first-order valence-electron chi connectivity index (χ1n) is 7.49. The molecule has 2 heterocycles. The summed E-state index contributed by atoms with van der Waals surface area (Å²) in [6, 6.07) is 9.92. The van der Waals surface area contributed by atoms with Crippen LogP contribution in [0.25, 0.3) is 5.78 Å². The van der Waals surface area contributed by atoms with E-state index in [4.69, 9.17) is 0 Å². The molecule has 118 valence electrons. The number of aromatic nitrogens is 4. The summed E-state index contributed by atoms with van der Waals surface area (Å²) in [4.78, 5) is 22.7. The van der Waals surface area contributed by atoms with Crippen LogP contribution in [0.3, 0.4) is 0 Å². The largest absolute Gasteiger partial charge is 0.332 e. The molecule has 6 nitrogen and oxygen atoms in total. The molecule has 0 bridgehead atoms. The van der Waals surface area contributed by atoms with Gasteiger partial charge in [-0.15, -0.1) is 5.10 Å². The molecule has 2 aromatic heterocycles. The molecule has 1 amide bonds. The van der Waals surface area contributed by atoms with Crippen LogP contribution in [0, 0.1) is 13.8 Å². The zero-order valence-electron chi connectivity index (χ0n) is 13.7. The van der Waals surface area contributed by atoms with Gasteiger partial charge >= 0.3 is 0 Å². The summed E-state index contributed by atoms with van der Waals surface area (Å²) in [5.74, 6) is 0.376. The molecule has 3 aromatic rings. The van der Waals surface area contributed by atoms with Crippen LogP contribution < -0.4 is 0 Å². The highest BCUT2D eigenvalue weighted by molar-refractivity contribution is 5.91. The van der Waals surface area contributed by atoms with Gasteiger partial charge in [0.05, 0.1) is 6.04 Å². The van der Waals surface area contributed by atoms with Crippen molar-refractivity contribution < 1.29 is 4.79 Å². The lowest BCUT2D eigenvalue weighted by Gasteiger charge is -2.24. The number of amides is 1. The summed E-state index contributed by atoms with van der Waals surface area (Å²) >= 11 is 0. The van der Waals surface area contributed by atoms with E-state index in [1.54, 1.807) is 22.7 Å². The maximum atomic E-state index is 12.7. The number of carbonyl (C=O) groups is 1. The van der Waals surface area contributed by atoms with Gasteiger partial charge < -0.3 is 4.90 Å². The maximum Gasteiger partial charge on any atom is 0.293 e. The smallest absolute Gasteiger partial charge is 0.293 e. The summed E-state index contributed by atoms with van der Waals surface area (Å²) < 4.78 is 1.58. The van der Waals surface area contributed by atoms with Crippen molar-refractivity contribution in [3.8, 4) is 0 Å². The van der Waals surface area contributed by atoms with Crippen LogP contribution in [0.4, 0.5) is 0 Å². The lowest BCUT2D eigenvalue weighted by Crippen LogP contribution is -2.30. The van der Waals surface area contributed by atoms with Crippen LogP contribution in [0.1, 0.15) is 40.4 Å². The number of fused-ring (bicyclic) bond motifs is 1. The third-order valence-electron chi connectivity index (χ3n) is 4.08. The van der Waals surface area contributed by atoms with E-state index in [2.05, 4.69) is 15.1 Å². The number of aryl methyl sites for hydroxylation is 2. The summed E-state index contributed by atoms with van der Waals surface area (Å²) in [6.07, 6.45) is 1.66. The lowest BCUT2D eigenvalue weighted by atomic mass is 10.1. The van der Waals surface area contributed by atoms with E-state index in [9.17, 15) is 4.79 Å². The minimum Gasteiger partial charge on any atom is -0.332 e. The Morgan fingerprint density at radius 1 is 1.17 bits per heavy atom. The van der Waals surface area contributed by atoms with Crippen LogP contribution in [-0.2, 0) is 0 Å². The first-order valence-corrected chi connectivity index (χ1v) is 7.49. The normalized spacial score (nSPS) is 12.3. The fourth-order valence-electron chi connectivity index (χ4n) is 2.40. The molecule has 0 aliphatic carbocycles. The topological polar surface area (TPSA) is 63.4 Å². The average molecular weight is 309 g/mol. The predicted molar refractivity (Wildman–Crippen MR) is 87.2 cm³/mol. The van der Waals surface area contributed by atoms with Gasteiger partial charge in [0.15, 0.2) is 0 Å². The Labute approximate surface area is 134 Å². The number of nitrogens with zero attached hydrogens (tertiary/aromatic N) is 5. The van der Waals surface area contributed by atoms with Gasteiger partial charge in [-0.05, 0) is 32.4 Å². The number of hydrogen-bond donors (Lipinski definition) is 0. The number of benzene rings is 1. The SMILES string of the molecule is Cc1ccc(C(C)N(C)C(=O)c2nc3nccc(C)n3n2)cc1. The quantitative estimate of drug-likeness (QED) is 0.746. The maximum absolute atomic E-state index is 12.7. The van der Waals surface area contributed by atoms with E-state index in [0.717, 1.165) is 11.3 Å². The van der Waals surface area contributed by atoms with Crippen LogP contribution in [0.2, 0.25) is 0 Å². The molecular formula is C17H19N5O. The highest BCUT2D eigenvalue weighted by Gasteiger charge is 2.23. The Bertz CT molecular complexity index is 853. The van der Waals surface area contributed by atoms with E-state index in [1.165, 1.54) is 5.56 Å². The van der Waals surface area contributed by atoms with E-state index in [0.29, 0.717) is 5.78 Å². The Kier molecular flexibility index (Phi) is 3.82. The summed E-state index contributed by atoms with van der Waals surface area (Å²) in [7, 11) is 1.76. The Hall–Kier alpha value is -2.76. The molecule has 3 rings (SSSR count). The fourth-order valence-corrected chi connectivity index (χ4v) is 2.40. The zero-order valence-corrected chi connectivity index (χ0v) is 13.7. The van der Waals surface area contributed by atoms with Crippen LogP contribution in [0.5, 0.6) is 0 Å². The van der Waals surface area contributed by atoms with Crippen molar-refractivity contribution in [2.45, 2.75) is 26.8 Å². The monoisotopic (exact) mass is 309 g/mol. The Morgan fingerprint density at radius 3 is 2.52 bits per heavy atom. The molecule has 0 aliphatic heterocycles. The second-order valence-electron chi connectivity index (χ2n) is 5.74. The molecule has 6 heteroatoms. The van der Waals surface area contributed by atoms with Gasteiger partial charge in [0, 0.05) is 18.9 Å².